The van der Waals surface area contributed by atoms with Gasteiger partial charge in [0.15, 0.2) is 0 Å². The largest absolute Gasteiger partial charge is 0.382 e. The van der Waals surface area contributed by atoms with Gasteiger partial charge in [-0.3, -0.25) is 0 Å². The van der Waals surface area contributed by atoms with Gasteiger partial charge in [-0.2, -0.15) is 0 Å². The number of amides is 2. The van der Waals surface area contributed by atoms with Crippen molar-refractivity contribution in [1.82, 2.24) is 5.32 Å². The summed E-state index contributed by atoms with van der Waals surface area (Å²) < 4.78 is 5.16. The van der Waals surface area contributed by atoms with E-state index in [0.29, 0.717) is 35.5 Å². The second-order valence-corrected chi connectivity index (χ2v) is 4.40. The maximum atomic E-state index is 11.5. The molecular weight excluding hydrogens is 275 g/mol. The summed E-state index contributed by atoms with van der Waals surface area (Å²) in [7, 11) is 0. The van der Waals surface area contributed by atoms with Crippen LogP contribution in [0.4, 0.5) is 10.5 Å². The molecule has 1 rings (SSSR count). The summed E-state index contributed by atoms with van der Waals surface area (Å²) in [6.45, 7) is 3.80. The summed E-state index contributed by atoms with van der Waals surface area (Å²) in [4.78, 5) is 11.5. The molecular formula is C12H16Cl2N2O2. The Balaban J connectivity index is 2.33. The molecule has 0 spiro atoms. The summed E-state index contributed by atoms with van der Waals surface area (Å²) in [5.74, 6) is 0. The van der Waals surface area contributed by atoms with E-state index in [4.69, 9.17) is 27.9 Å². The van der Waals surface area contributed by atoms with Crippen LogP contribution in [0.1, 0.15) is 13.3 Å². The van der Waals surface area contributed by atoms with Crippen molar-refractivity contribution in [2.75, 3.05) is 25.1 Å². The molecule has 100 valence electrons. The Morgan fingerprint density at radius 3 is 2.89 bits per heavy atom. The van der Waals surface area contributed by atoms with Crippen LogP contribution in [0, 0.1) is 0 Å². The number of rotatable bonds is 6. The summed E-state index contributed by atoms with van der Waals surface area (Å²) in [6.07, 6.45) is 0.768. The quantitative estimate of drug-likeness (QED) is 0.788. The molecule has 0 bridgehead atoms. The number of carbonyl (C=O) groups excluding carboxylic acids is 1. The van der Waals surface area contributed by atoms with Crippen LogP contribution in [-0.2, 0) is 4.74 Å². The first-order valence-electron chi connectivity index (χ1n) is 5.71. The average Bonchev–Trinajstić information content (AvgIpc) is 2.33. The van der Waals surface area contributed by atoms with Gasteiger partial charge in [-0.15, -0.1) is 0 Å². The zero-order valence-electron chi connectivity index (χ0n) is 10.1. The van der Waals surface area contributed by atoms with Crippen LogP contribution in [0.15, 0.2) is 18.2 Å². The molecule has 0 aromatic heterocycles. The highest BCUT2D eigenvalue weighted by atomic mass is 35.5. The van der Waals surface area contributed by atoms with Crippen LogP contribution in [0.2, 0.25) is 10.0 Å². The zero-order valence-corrected chi connectivity index (χ0v) is 11.6. The van der Waals surface area contributed by atoms with Gasteiger partial charge >= 0.3 is 6.03 Å². The minimum atomic E-state index is -0.310. The first-order valence-corrected chi connectivity index (χ1v) is 6.46. The van der Waals surface area contributed by atoms with E-state index in [1.807, 2.05) is 6.92 Å². The smallest absolute Gasteiger partial charge is 0.319 e. The Kier molecular flexibility index (Phi) is 6.86. The van der Waals surface area contributed by atoms with Crippen molar-refractivity contribution in [2.24, 2.45) is 0 Å². The number of hydrogen-bond acceptors (Lipinski definition) is 2. The molecule has 1 aromatic rings. The number of urea groups is 1. The Bertz CT molecular complexity index is 400. The van der Waals surface area contributed by atoms with Crippen LogP contribution in [0.3, 0.4) is 0 Å². The number of hydrogen-bond donors (Lipinski definition) is 2. The lowest BCUT2D eigenvalue weighted by atomic mass is 10.3. The monoisotopic (exact) mass is 290 g/mol. The maximum Gasteiger partial charge on any atom is 0.319 e. The molecule has 18 heavy (non-hydrogen) atoms. The number of halogens is 2. The van der Waals surface area contributed by atoms with Crippen molar-refractivity contribution in [3.05, 3.63) is 28.2 Å². The number of anilines is 1. The lowest BCUT2D eigenvalue weighted by molar-refractivity contribution is 0.145. The fraction of sp³-hybridized carbons (Fsp3) is 0.417. The zero-order chi connectivity index (χ0) is 13.4. The van der Waals surface area contributed by atoms with Crippen molar-refractivity contribution >= 4 is 34.9 Å². The van der Waals surface area contributed by atoms with E-state index in [1.54, 1.807) is 18.2 Å². The molecule has 1 aromatic carbocycles. The fourth-order valence-electron chi connectivity index (χ4n) is 1.28. The third-order valence-corrected chi connectivity index (χ3v) is 2.70. The van der Waals surface area contributed by atoms with Gasteiger partial charge in [0.1, 0.15) is 0 Å². The predicted octanol–water partition coefficient (Wildman–Crippen LogP) is 3.54. The van der Waals surface area contributed by atoms with Gasteiger partial charge in [-0.1, -0.05) is 23.2 Å². The summed E-state index contributed by atoms with van der Waals surface area (Å²) in [5, 5.41) is 6.31. The van der Waals surface area contributed by atoms with Crippen molar-refractivity contribution < 1.29 is 9.53 Å². The number of carbonyl (C=O) groups is 1. The van der Waals surface area contributed by atoms with E-state index in [9.17, 15) is 4.79 Å². The Hall–Kier alpha value is -0.970. The summed E-state index contributed by atoms with van der Waals surface area (Å²) >= 11 is 11.7. The molecule has 0 fully saturated rings. The Labute approximate surface area is 117 Å². The molecule has 0 saturated carbocycles. The van der Waals surface area contributed by atoms with Gasteiger partial charge in [-0.25, -0.2) is 4.79 Å². The topological polar surface area (TPSA) is 50.4 Å². The van der Waals surface area contributed by atoms with E-state index in [-0.39, 0.29) is 6.03 Å². The van der Waals surface area contributed by atoms with Crippen LogP contribution < -0.4 is 10.6 Å². The minimum Gasteiger partial charge on any atom is -0.382 e. The van der Waals surface area contributed by atoms with Crippen molar-refractivity contribution in [3.8, 4) is 0 Å². The van der Waals surface area contributed by atoms with Crippen molar-refractivity contribution in [1.29, 1.82) is 0 Å². The van der Waals surface area contributed by atoms with E-state index in [1.165, 1.54) is 0 Å². The molecule has 6 heteroatoms. The standard InChI is InChI=1S/C12H16Cl2N2O2/c1-2-18-7-3-6-15-12(17)16-11-8-9(13)4-5-10(11)14/h4-5,8H,2-3,6-7H2,1H3,(H2,15,16,17). The molecule has 2 N–H and O–H groups in total. The van der Waals surface area contributed by atoms with Gasteiger partial charge in [-0.05, 0) is 31.5 Å². The summed E-state index contributed by atoms with van der Waals surface area (Å²) in [6, 6.07) is 4.59. The SMILES string of the molecule is CCOCCCNC(=O)Nc1cc(Cl)ccc1Cl. The third kappa shape index (κ3) is 5.58. The van der Waals surface area contributed by atoms with Crippen LogP contribution in [0.25, 0.3) is 0 Å². The molecule has 0 saturated heterocycles. The highest BCUT2D eigenvalue weighted by molar-refractivity contribution is 6.35. The van der Waals surface area contributed by atoms with Gasteiger partial charge in [0.25, 0.3) is 0 Å². The predicted molar refractivity (Wildman–Crippen MR) is 74.6 cm³/mol. The van der Waals surface area contributed by atoms with Crippen molar-refractivity contribution in [2.45, 2.75) is 13.3 Å². The third-order valence-electron chi connectivity index (χ3n) is 2.13. The van der Waals surface area contributed by atoms with Gasteiger partial charge in [0.2, 0.25) is 0 Å². The number of nitrogens with one attached hydrogen (secondary N) is 2. The molecule has 0 atom stereocenters. The lowest BCUT2D eigenvalue weighted by Gasteiger charge is -2.09. The molecule has 0 radical (unpaired) electrons. The molecule has 0 unspecified atom stereocenters. The first-order chi connectivity index (χ1) is 8.63. The highest BCUT2D eigenvalue weighted by Crippen LogP contribution is 2.25. The highest BCUT2D eigenvalue weighted by Gasteiger charge is 2.05. The van der Waals surface area contributed by atoms with Crippen molar-refractivity contribution in [3.63, 3.8) is 0 Å². The van der Waals surface area contributed by atoms with Gasteiger partial charge in [0.05, 0.1) is 10.7 Å². The molecule has 0 aliphatic heterocycles. The van der Waals surface area contributed by atoms with E-state index in [2.05, 4.69) is 10.6 Å². The van der Waals surface area contributed by atoms with E-state index < -0.39 is 0 Å². The molecule has 0 aliphatic rings. The Morgan fingerprint density at radius 2 is 2.17 bits per heavy atom. The van der Waals surface area contributed by atoms with Gasteiger partial charge < -0.3 is 15.4 Å². The second kappa shape index (κ2) is 8.19. The molecule has 2 amide bonds. The minimum absolute atomic E-state index is 0.310. The second-order valence-electron chi connectivity index (χ2n) is 3.56. The van der Waals surface area contributed by atoms with Crippen LogP contribution in [0.5, 0.6) is 0 Å². The first kappa shape index (κ1) is 15.1. The Morgan fingerprint density at radius 1 is 1.39 bits per heavy atom. The number of ether oxygens (including phenoxy) is 1. The average molecular weight is 291 g/mol. The lowest BCUT2D eigenvalue weighted by Crippen LogP contribution is -2.30. The maximum absolute atomic E-state index is 11.5. The number of benzene rings is 1. The summed E-state index contributed by atoms with van der Waals surface area (Å²) in [5.41, 5.74) is 0.492. The van der Waals surface area contributed by atoms with Crippen LogP contribution >= 0.6 is 23.2 Å². The molecule has 4 nitrogen and oxygen atoms in total. The van der Waals surface area contributed by atoms with Gasteiger partial charge in [0, 0.05) is 24.8 Å². The van der Waals surface area contributed by atoms with E-state index >= 15 is 0 Å². The van der Waals surface area contributed by atoms with Crippen LogP contribution in [-0.4, -0.2) is 25.8 Å². The fourth-order valence-corrected chi connectivity index (χ4v) is 1.62. The molecule has 0 heterocycles. The normalized spacial score (nSPS) is 10.2. The van der Waals surface area contributed by atoms with E-state index in [0.717, 1.165) is 6.42 Å². The molecule has 0 aliphatic carbocycles.